The topological polar surface area (TPSA) is 68.5 Å². The molecule has 0 saturated heterocycles. The number of methoxy groups -OCH3 is 1. The van der Waals surface area contributed by atoms with Gasteiger partial charge in [-0.1, -0.05) is 23.2 Å². The molecule has 0 saturated carbocycles. The number of carbonyl (C=O) groups excluding carboxylic acids is 1. The van der Waals surface area contributed by atoms with Crippen molar-refractivity contribution in [1.29, 1.82) is 0 Å². The average Bonchev–Trinajstić information content (AvgIpc) is 3.24. The Morgan fingerprint density at radius 3 is 2.85 bits per heavy atom. The molecule has 0 atom stereocenters. The minimum absolute atomic E-state index is 0.316. The van der Waals surface area contributed by atoms with Crippen LogP contribution in [0.25, 0.3) is 17.0 Å². The van der Waals surface area contributed by atoms with Crippen molar-refractivity contribution in [3.8, 4) is 17.0 Å². The lowest BCUT2D eigenvalue weighted by Crippen LogP contribution is -2.12. The van der Waals surface area contributed by atoms with Gasteiger partial charge in [-0.3, -0.25) is 9.20 Å². The van der Waals surface area contributed by atoms with Crippen molar-refractivity contribution in [2.24, 2.45) is 0 Å². The Kier molecular flexibility index (Phi) is 4.73. The molecule has 27 heavy (non-hydrogen) atoms. The smallest absolute Gasteiger partial charge is 0.258 e. The van der Waals surface area contributed by atoms with E-state index in [-0.39, 0.29) is 5.91 Å². The number of hydrogen-bond donors (Lipinski definition) is 1. The quantitative estimate of drug-likeness (QED) is 0.504. The lowest BCUT2D eigenvalue weighted by molar-refractivity contribution is 0.102. The molecule has 0 aliphatic rings. The molecule has 3 aromatic heterocycles. The van der Waals surface area contributed by atoms with Gasteiger partial charge in [0.25, 0.3) is 5.91 Å². The Bertz CT molecular complexity index is 1120. The number of ether oxygens (including phenoxy) is 1. The van der Waals surface area contributed by atoms with Crippen molar-refractivity contribution < 1.29 is 9.53 Å². The summed E-state index contributed by atoms with van der Waals surface area (Å²) in [4.78, 5) is 21.3. The van der Waals surface area contributed by atoms with E-state index in [0.717, 1.165) is 22.6 Å². The highest BCUT2D eigenvalue weighted by Crippen LogP contribution is 2.34. The number of halogens is 2. The van der Waals surface area contributed by atoms with E-state index in [1.807, 2.05) is 28.9 Å². The predicted molar refractivity (Wildman–Crippen MR) is 107 cm³/mol. The number of benzene rings is 1. The summed E-state index contributed by atoms with van der Waals surface area (Å²) < 4.78 is 7.96. The second kappa shape index (κ2) is 7.19. The molecular weight excluding hydrogens is 407 g/mol. The summed E-state index contributed by atoms with van der Waals surface area (Å²) in [5, 5.41) is 2.83. The van der Waals surface area contributed by atoms with Crippen molar-refractivity contribution in [3.05, 3.63) is 63.2 Å². The van der Waals surface area contributed by atoms with Crippen LogP contribution in [0.1, 0.15) is 10.4 Å². The third-order valence-corrected chi connectivity index (χ3v) is 5.37. The maximum absolute atomic E-state index is 12.6. The fourth-order valence-corrected chi connectivity index (χ4v) is 4.08. The summed E-state index contributed by atoms with van der Waals surface area (Å²) in [6.07, 6.45) is 5.42. The molecule has 0 fully saturated rings. The molecule has 1 amide bonds. The van der Waals surface area contributed by atoms with Gasteiger partial charge >= 0.3 is 0 Å². The summed E-state index contributed by atoms with van der Waals surface area (Å²) in [7, 11) is 1.54. The largest absolute Gasteiger partial charge is 0.495 e. The van der Waals surface area contributed by atoms with E-state index in [1.54, 1.807) is 18.3 Å². The van der Waals surface area contributed by atoms with Crippen molar-refractivity contribution in [2.45, 2.75) is 0 Å². The summed E-state index contributed by atoms with van der Waals surface area (Å²) in [6, 6.07) is 8.79. The van der Waals surface area contributed by atoms with E-state index in [4.69, 9.17) is 27.9 Å². The fourth-order valence-electron chi connectivity index (χ4n) is 2.62. The van der Waals surface area contributed by atoms with Crippen molar-refractivity contribution in [2.75, 3.05) is 12.4 Å². The number of carbonyl (C=O) groups is 1. The number of amides is 1. The van der Waals surface area contributed by atoms with Crippen LogP contribution >= 0.6 is 34.5 Å². The lowest BCUT2D eigenvalue weighted by atomic mass is 10.1. The lowest BCUT2D eigenvalue weighted by Gasteiger charge is -2.11. The number of nitrogens with zero attached hydrogens (tertiary/aromatic N) is 3. The number of fused-ring (bicyclic) bond motifs is 1. The van der Waals surface area contributed by atoms with Crippen LogP contribution in [0.15, 0.2) is 48.9 Å². The predicted octanol–water partition coefficient (Wildman–Crippen LogP) is 5.03. The minimum atomic E-state index is -0.365. The first-order chi connectivity index (χ1) is 13.0. The van der Waals surface area contributed by atoms with Crippen LogP contribution in [-0.4, -0.2) is 27.4 Å². The minimum Gasteiger partial charge on any atom is -0.495 e. The number of anilines is 1. The number of rotatable bonds is 4. The van der Waals surface area contributed by atoms with Crippen molar-refractivity contribution in [1.82, 2.24) is 14.4 Å². The van der Waals surface area contributed by atoms with E-state index in [0.29, 0.717) is 31.5 Å². The molecule has 0 aliphatic heterocycles. The molecule has 4 rings (SSSR count). The van der Waals surface area contributed by atoms with Crippen LogP contribution in [0.3, 0.4) is 0 Å². The number of imidazole rings is 1. The maximum atomic E-state index is 12.6. The third-order valence-electron chi connectivity index (χ3n) is 3.88. The molecule has 0 bridgehead atoms. The molecular formula is C18H12Cl2N4O2S. The van der Waals surface area contributed by atoms with Gasteiger partial charge in [-0.05, 0) is 30.3 Å². The highest BCUT2D eigenvalue weighted by Gasteiger charge is 2.17. The van der Waals surface area contributed by atoms with Gasteiger partial charge in [-0.15, -0.1) is 11.3 Å². The van der Waals surface area contributed by atoms with E-state index in [2.05, 4.69) is 15.3 Å². The molecule has 0 spiro atoms. The van der Waals surface area contributed by atoms with Gasteiger partial charge in [0, 0.05) is 24.2 Å². The van der Waals surface area contributed by atoms with E-state index in [9.17, 15) is 4.79 Å². The molecule has 9 heteroatoms. The molecule has 1 N–H and O–H groups in total. The second-order valence-electron chi connectivity index (χ2n) is 5.56. The summed E-state index contributed by atoms with van der Waals surface area (Å²) >= 11 is 13.1. The zero-order valence-electron chi connectivity index (χ0n) is 13.9. The van der Waals surface area contributed by atoms with Crippen molar-refractivity contribution >= 4 is 51.9 Å². The Labute approximate surface area is 168 Å². The van der Waals surface area contributed by atoms with Gasteiger partial charge in [0.1, 0.15) is 10.1 Å². The fraction of sp³-hybridized carbons (Fsp3) is 0.0556. The standard InChI is InChI=1S/C18H12Cl2N4O2S/c1-26-14-4-3-10(13-9-24-6-2-5-21-18(24)23-13)7-12(14)22-17(25)11-8-15(19)27-16(11)20/h2-9H,1H3,(H,22,25). The monoisotopic (exact) mass is 418 g/mol. The molecule has 136 valence electrons. The maximum Gasteiger partial charge on any atom is 0.258 e. The van der Waals surface area contributed by atoms with Gasteiger partial charge in [0.05, 0.1) is 28.4 Å². The van der Waals surface area contributed by atoms with Crippen LogP contribution in [0, 0.1) is 0 Å². The van der Waals surface area contributed by atoms with E-state index >= 15 is 0 Å². The number of thiophene rings is 1. The first-order valence-corrected chi connectivity index (χ1v) is 9.36. The highest BCUT2D eigenvalue weighted by atomic mass is 35.5. The second-order valence-corrected chi connectivity index (χ2v) is 7.85. The summed E-state index contributed by atoms with van der Waals surface area (Å²) in [5.74, 6) is 0.746. The number of hydrogen-bond acceptors (Lipinski definition) is 5. The zero-order valence-corrected chi connectivity index (χ0v) is 16.3. The number of nitrogens with one attached hydrogen (secondary N) is 1. The van der Waals surface area contributed by atoms with E-state index < -0.39 is 0 Å². The van der Waals surface area contributed by atoms with Crippen LogP contribution in [-0.2, 0) is 0 Å². The first-order valence-electron chi connectivity index (χ1n) is 7.79. The number of aromatic nitrogens is 3. The molecule has 3 heterocycles. The SMILES string of the molecule is COc1ccc(-c2cn3cccnc3n2)cc1NC(=O)c1cc(Cl)sc1Cl. The third kappa shape index (κ3) is 3.49. The van der Waals surface area contributed by atoms with Gasteiger partial charge in [0.15, 0.2) is 0 Å². The summed E-state index contributed by atoms with van der Waals surface area (Å²) in [5.41, 5.74) is 2.36. The van der Waals surface area contributed by atoms with E-state index in [1.165, 1.54) is 13.2 Å². The molecule has 0 aliphatic carbocycles. The zero-order chi connectivity index (χ0) is 19.0. The van der Waals surface area contributed by atoms with Gasteiger partial charge in [0.2, 0.25) is 5.78 Å². The molecule has 6 nitrogen and oxygen atoms in total. The van der Waals surface area contributed by atoms with Gasteiger partial charge in [-0.25, -0.2) is 9.97 Å². The van der Waals surface area contributed by atoms with Crippen LogP contribution < -0.4 is 10.1 Å². The Morgan fingerprint density at radius 2 is 2.15 bits per heavy atom. The molecule has 0 radical (unpaired) electrons. The highest BCUT2D eigenvalue weighted by molar-refractivity contribution is 7.20. The van der Waals surface area contributed by atoms with Gasteiger partial charge in [-0.2, -0.15) is 0 Å². The Morgan fingerprint density at radius 1 is 1.30 bits per heavy atom. The molecule has 0 unspecified atom stereocenters. The Balaban J connectivity index is 1.70. The van der Waals surface area contributed by atoms with Crippen LogP contribution in [0.5, 0.6) is 5.75 Å². The summed E-state index contributed by atoms with van der Waals surface area (Å²) in [6.45, 7) is 0. The van der Waals surface area contributed by atoms with Crippen LogP contribution in [0.2, 0.25) is 8.67 Å². The average molecular weight is 419 g/mol. The normalized spacial score (nSPS) is 10.9. The molecule has 1 aromatic carbocycles. The Hall–Kier alpha value is -2.61. The molecule has 4 aromatic rings. The van der Waals surface area contributed by atoms with Gasteiger partial charge < -0.3 is 10.1 Å². The van der Waals surface area contributed by atoms with Crippen LogP contribution in [0.4, 0.5) is 5.69 Å². The van der Waals surface area contributed by atoms with Crippen molar-refractivity contribution in [3.63, 3.8) is 0 Å². The first kappa shape index (κ1) is 17.8.